The van der Waals surface area contributed by atoms with Crippen LogP contribution < -0.4 is 20.3 Å². The third kappa shape index (κ3) is 3.83. The molecule has 2 amide bonds. The van der Waals surface area contributed by atoms with Crippen molar-refractivity contribution in [1.29, 1.82) is 0 Å². The standard InChI is InChI=1S/C23H25N3O4/c1-29-18-11-7-16(8-12-18)21-19(22(27)30-2)20(24-23(28)25-21)15-5-9-17(10-6-15)26-13-3-4-14-26/h5-12,20H,3-4,13-14H2,1-2H3,(H2,24,25,28). The van der Waals surface area contributed by atoms with Crippen LogP contribution in [0.4, 0.5) is 10.5 Å². The van der Waals surface area contributed by atoms with Gasteiger partial charge in [-0.1, -0.05) is 12.1 Å². The third-order valence-corrected chi connectivity index (χ3v) is 5.55. The molecule has 0 spiro atoms. The second-order valence-electron chi connectivity index (χ2n) is 7.33. The van der Waals surface area contributed by atoms with E-state index in [0.29, 0.717) is 22.6 Å². The Kier molecular flexibility index (Phi) is 5.61. The van der Waals surface area contributed by atoms with Crippen LogP contribution in [-0.2, 0) is 9.53 Å². The van der Waals surface area contributed by atoms with Crippen molar-refractivity contribution in [2.75, 3.05) is 32.2 Å². The number of rotatable bonds is 5. The van der Waals surface area contributed by atoms with Gasteiger partial charge in [0.15, 0.2) is 0 Å². The number of nitrogens with zero attached hydrogens (tertiary/aromatic N) is 1. The summed E-state index contributed by atoms with van der Waals surface area (Å²) in [5, 5.41) is 5.63. The Morgan fingerprint density at radius 3 is 2.27 bits per heavy atom. The van der Waals surface area contributed by atoms with E-state index in [-0.39, 0.29) is 6.03 Å². The molecular formula is C23H25N3O4. The zero-order valence-electron chi connectivity index (χ0n) is 17.1. The average molecular weight is 407 g/mol. The predicted octanol–water partition coefficient (Wildman–Crippen LogP) is 3.23. The molecule has 2 heterocycles. The molecule has 156 valence electrons. The van der Waals surface area contributed by atoms with Gasteiger partial charge >= 0.3 is 12.0 Å². The van der Waals surface area contributed by atoms with Crippen LogP contribution in [0.3, 0.4) is 0 Å². The minimum atomic E-state index is -0.615. The number of esters is 1. The first-order chi connectivity index (χ1) is 14.6. The van der Waals surface area contributed by atoms with Crippen LogP contribution >= 0.6 is 0 Å². The maximum atomic E-state index is 12.7. The fourth-order valence-corrected chi connectivity index (χ4v) is 3.98. The number of hydrogen-bond donors (Lipinski definition) is 2. The van der Waals surface area contributed by atoms with E-state index in [1.54, 1.807) is 31.4 Å². The minimum Gasteiger partial charge on any atom is -0.497 e. The molecule has 2 aliphatic heterocycles. The second-order valence-corrected chi connectivity index (χ2v) is 7.33. The molecule has 30 heavy (non-hydrogen) atoms. The molecule has 0 radical (unpaired) electrons. The maximum absolute atomic E-state index is 12.7. The normalized spacial score (nSPS) is 18.7. The summed E-state index contributed by atoms with van der Waals surface area (Å²) < 4.78 is 10.3. The van der Waals surface area contributed by atoms with Crippen LogP contribution in [0.1, 0.15) is 30.0 Å². The number of carbonyl (C=O) groups is 2. The topological polar surface area (TPSA) is 79.9 Å². The fraction of sp³-hybridized carbons (Fsp3) is 0.304. The van der Waals surface area contributed by atoms with Gasteiger partial charge in [-0.15, -0.1) is 0 Å². The van der Waals surface area contributed by atoms with Crippen LogP contribution in [0.15, 0.2) is 54.1 Å². The number of benzene rings is 2. The Labute approximate surface area is 175 Å². The van der Waals surface area contributed by atoms with Gasteiger partial charge in [-0.2, -0.15) is 0 Å². The quantitative estimate of drug-likeness (QED) is 0.744. The van der Waals surface area contributed by atoms with Gasteiger partial charge in [0.05, 0.1) is 31.5 Å². The summed E-state index contributed by atoms with van der Waals surface area (Å²) in [6.07, 6.45) is 2.40. The van der Waals surface area contributed by atoms with Gasteiger partial charge in [0, 0.05) is 18.8 Å². The Balaban J connectivity index is 1.74. The molecule has 1 atom stereocenters. The van der Waals surface area contributed by atoms with E-state index in [0.717, 1.165) is 24.3 Å². The summed E-state index contributed by atoms with van der Waals surface area (Å²) >= 11 is 0. The van der Waals surface area contributed by atoms with Crippen molar-refractivity contribution in [3.63, 3.8) is 0 Å². The molecule has 0 saturated carbocycles. The smallest absolute Gasteiger partial charge is 0.338 e. The summed E-state index contributed by atoms with van der Waals surface area (Å²) in [4.78, 5) is 27.5. The highest BCUT2D eigenvalue weighted by atomic mass is 16.5. The first-order valence-corrected chi connectivity index (χ1v) is 10.00. The molecule has 0 bridgehead atoms. The van der Waals surface area contributed by atoms with Gasteiger partial charge in [-0.3, -0.25) is 0 Å². The third-order valence-electron chi connectivity index (χ3n) is 5.55. The molecule has 1 saturated heterocycles. The number of carbonyl (C=O) groups excluding carboxylic acids is 2. The van der Waals surface area contributed by atoms with Crippen LogP contribution in [0.25, 0.3) is 5.70 Å². The van der Waals surface area contributed by atoms with Gasteiger partial charge in [-0.25, -0.2) is 9.59 Å². The first kappa shape index (κ1) is 19.8. The predicted molar refractivity (Wildman–Crippen MR) is 114 cm³/mol. The molecule has 7 heteroatoms. The molecule has 7 nitrogen and oxygen atoms in total. The second kappa shape index (κ2) is 8.49. The highest BCUT2D eigenvalue weighted by molar-refractivity contribution is 6.04. The van der Waals surface area contributed by atoms with Crippen molar-refractivity contribution in [1.82, 2.24) is 10.6 Å². The zero-order valence-corrected chi connectivity index (χ0v) is 17.1. The largest absolute Gasteiger partial charge is 0.497 e. The van der Waals surface area contributed by atoms with Crippen molar-refractivity contribution in [2.45, 2.75) is 18.9 Å². The summed E-state index contributed by atoms with van der Waals surface area (Å²) in [5.74, 6) is 0.190. The highest BCUT2D eigenvalue weighted by Gasteiger charge is 2.34. The molecule has 1 fully saturated rings. The molecule has 2 aromatic rings. The highest BCUT2D eigenvalue weighted by Crippen LogP contribution is 2.33. The lowest BCUT2D eigenvalue weighted by atomic mass is 9.92. The number of hydrogen-bond acceptors (Lipinski definition) is 5. The average Bonchev–Trinajstić information content (AvgIpc) is 3.33. The Morgan fingerprint density at radius 1 is 1.00 bits per heavy atom. The number of nitrogens with one attached hydrogen (secondary N) is 2. The molecule has 2 N–H and O–H groups in total. The van der Waals surface area contributed by atoms with Crippen LogP contribution in [-0.4, -0.2) is 39.3 Å². The van der Waals surface area contributed by atoms with E-state index in [1.807, 2.05) is 24.3 Å². The Bertz CT molecular complexity index is 961. The number of ether oxygens (including phenoxy) is 2. The van der Waals surface area contributed by atoms with Gasteiger partial charge in [0.2, 0.25) is 0 Å². The van der Waals surface area contributed by atoms with Gasteiger partial charge in [-0.05, 0) is 60.4 Å². The lowest BCUT2D eigenvalue weighted by Gasteiger charge is -2.29. The van der Waals surface area contributed by atoms with Crippen molar-refractivity contribution in [3.8, 4) is 5.75 Å². The fourth-order valence-electron chi connectivity index (χ4n) is 3.98. The SMILES string of the molecule is COC(=O)C1=C(c2ccc(OC)cc2)NC(=O)NC1c1ccc(N2CCCC2)cc1. The van der Waals surface area contributed by atoms with Crippen LogP contribution in [0.2, 0.25) is 0 Å². The van der Waals surface area contributed by atoms with Crippen molar-refractivity contribution in [3.05, 3.63) is 65.2 Å². The van der Waals surface area contributed by atoms with E-state index in [4.69, 9.17) is 9.47 Å². The van der Waals surface area contributed by atoms with E-state index < -0.39 is 12.0 Å². The Morgan fingerprint density at radius 2 is 1.67 bits per heavy atom. The van der Waals surface area contributed by atoms with Gasteiger partial charge in [0.1, 0.15) is 5.75 Å². The maximum Gasteiger partial charge on any atom is 0.338 e. The van der Waals surface area contributed by atoms with Gasteiger partial charge < -0.3 is 25.0 Å². The van der Waals surface area contributed by atoms with E-state index in [1.165, 1.54) is 20.0 Å². The lowest BCUT2D eigenvalue weighted by molar-refractivity contribution is -0.136. The number of methoxy groups -OCH3 is 2. The summed E-state index contributed by atoms with van der Waals surface area (Å²) in [6.45, 7) is 2.11. The van der Waals surface area contributed by atoms with Crippen LogP contribution in [0.5, 0.6) is 5.75 Å². The monoisotopic (exact) mass is 407 g/mol. The Hall–Kier alpha value is -3.48. The summed E-state index contributed by atoms with van der Waals surface area (Å²) in [5.41, 5.74) is 3.46. The molecule has 0 aromatic heterocycles. The van der Waals surface area contributed by atoms with E-state index in [9.17, 15) is 9.59 Å². The molecule has 0 aliphatic carbocycles. The summed E-state index contributed by atoms with van der Waals surface area (Å²) in [6, 6.07) is 14.2. The molecule has 4 rings (SSSR count). The lowest BCUT2D eigenvalue weighted by Crippen LogP contribution is -2.45. The minimum absolute atomic E-state index is 0.358. The number of amides is 2. The molecule has 1 unspecified atom stereocenters. The first-order valence-electron chi connectivity index (χ1n) is 10.00. The summed E-state index contributed by atoms with van der Waals surface area (Å²) in [7, 11) is 2.92. The van der Waals surface area contributed by atoms with E-state index >= 15 is 0 Å². The molecule has 2 aliphatic rings. The molecular weight excluding hydrogens is 382 g/mol. The number of anilines is 1. The zero-order chi connectivity index (χ0) is 21.1. The van der Waals surface area contributed by atoms with E-state index in [2.05, 4.69) is 15.5 Å². The van der Waals surface area contributed by atoms with Gasteiger partial charge in [0.25, 0.3) is 0 Å². The van der Waals surface area contributed by atoms with Crippen molar-refractivity contribution in [2.24, 2.45) is 0 Å². The number of urea groups is 1. The molecule has 2 aromatic carbocycles. The van der Waals surface area contributed by atoms with Crippen molar-refractivity contribution >= 4 is 23.4 Å². The van der Waals surface area contributed by atoms with Crippen molar-refractivity contribution < 1.29 is 19.1 Å². The van der Waals surface area contributed by atoms with Crippen LogP contribution in [0, 0.1) is 0 Å².